The summed E-state index contributed by atoms with van der Waals surface area (Å²) < 4.78 is 10.8. The monoisotopic (exact) mass is 351 g/mol. The second kappa shape index (κ2) is 9.22. The zero-order chi connectivity index (χ0) is 18.0. The number of anilines is 2. The van der Waals surface area contributed by atoms with Crippen molar-refractivity contribution in [2.75, 3.05) is 30.9 Å². The van der Waals surface area contributed by atoms with Gasteiger partial charge in [0.15, 0.2) is 0 Å². The number of nitrogens with one attached hydrogen (secondary N) is 2. The zero-order valence-electron chi connectivity index (χ0n) is 14.6. The lowest BCUT2D eigenvalue weighted by atomic mass is 10.3. The van der Waals surface area contributed by atoms with E-state index in [1.165, 1.54) is 0 Å². The van der Waals surface area contributed by atoms with Gasteiger partial charge in [-0.15, -0.1) is 0 Å². The number of hydrogen-bond donors (Lipinski definition) is 2. The normalized spacial score (nSPS) is 10.2. The largest absolute Gasteiger partial charge is 0.497 e. The summed E-state index contributed by atoms with van der Waals surface area (Å²) in [5.74, 6) is 2.90. The molecule has 7 nitrogen and oxygen atoms in total. The number of nitrogens with zero attached hydrogens (tertiary/aromatic N) is 3. The molecule has 0 saturated carbocycles. The van der Waals surface area contributed by atoms with Crippen molar-refractivity contribution in [3.8, 4) is 11.5 Å². The summed E-state index contributed by atoms with van der Waals surface area (Å²) >= 11 is 0. The quantitative estimate of drug-likeness (QED) is 0.574. The van der Waals surface area contributed by atoms with Gasteiger partial charge < -0.3 is 20.1 Å². The second-order valence-corrected chi connectivity index (χ2v) is 5.39. The summed E-state index contributed by atoms with van der Waals surface area (Å²) in [4.78, 5) is 12.9. The molecule has 7 heteroatoms. The molecule has 2 aromatic heterocycles. The zero-order valence-corrected chi connectivity index (χ0v) is 14.6. The Balaban J connectivity index is 1.43. The molecule has 0 unspecified atom stereocenters. The van der Waals surface area contributed by atoms with Crippen molar-refractivity contribution in [1.82, 2.24) is 15.0 Å². The summed E-state index contributed by atoms with van der Waals surface area (Å²) in [5, 5.41) is 6.38. The number of hydrogen-bond acceptors (Lipinski definition) is 7. The van der Waals surface area contributed by atoms with Crippen molar-refractivity contribution in [3.63, 3.8) is 0 Å². The fourth-order valence-electron chi connectivity index (χ4n) is 2.23. The highest BCUT2D eigenvalue weighted by molar-refractivity contribution is 5.39. The first-order chi connectivity index (χ1) is 12.8. The van der Waals surface area contributed by atoms with Gasteiger partial charge in [0.2, 0.25) is 5.95 Å². The van der Waals surface area contributed by atoms with Crippen molar-refractivity contribution in [3.05, 3.63) is 66.6 Å². The van der Waals surface area contributed by atoms with Gasteiger partial charge in [0, 0.05) is 12.4 Å². The highest BCUT2D eigenvalue weighted by Gasteiger charge is 2.00. The molecule has 0 spiro atoms. The minimum atomic E-state index is 0.521. The van der Waals surface area contributed by atoms with Gasteiger partial charge in [-0.05, 0) is 42.5 Å². The fourth-order valence-corrected chi connectivity index (χ4v) is 2.23. The molecule has 0 fully saturated rings. The van der Waals surface area contributed by atoms with Crippen LogP contribution in [0.15, 0.2) is 60.9 Å². The second-order valence-electron chi connectivity index (χ2n) is 5.39. The van der Waals surface area contributed by atoms with Crippen LogP contribution in [0, 0.1) is 0 Å². The standard InChI is InChI=1S/C19H21N5O2/c1-25-16-5-7-17(8-6-16)26-13-12-21-18-9-11-22-19(24-18)23-14-15-4-2-3-10-20-15/h2-11H,12-14H2,1H3,(H2,21,22,23,24). The average molecular weight is 351 g/mol. The van der Waals surface area contributed by atoms with Gasteiger partial charge in [-0.3, -0.25) is 4.98 Å². The van der Waals surface area contributed by atoms with E-state index in [-0.39, 0.29) is 0 Å². The van der Waals surface area contributed by atoms with E-state index in [9.17, 15) is 0 Å². The molecule has 0 aliphatic carbocycles. The summed E-state index contributed by atoms with van der Waals surface area (Å²) in [6.07, 6.45) is 3.47. The van der Waals surface area contributed by atoms with Gasteiger partial charge in [0.05, 0.1) is 25.9 Å². The Labute approximate surface area is 152 Å². The highest BCUT2D eigenvalue weighted by atomic mass is 16.5. The number of rotatable bonds is 9. The Hall–Kier alpha value is -3.35. The SMILES string of the molecule is COc1ccc(OCCNc2ccnc(NCc3ccccn3)n2)cc1. The maximum Gasteiger partial charge on any atom is 0.224 e. The van der Waals surface area contributed by atoms with E-state index >= 15 is 0 Å². The average Bonchev–Trinajstić information content (AvgIpc) is 2.71. The Morgan fingerprint density at radius 2 is 1.73 bits per heavy atom. The number of benzene rings is 1. The molecule has 0 bridgehead atoms. The molecule has 0 radical (unpaired) electrons. The lowest BCUT2D eigenvalue weighted by Crippen LogP contribution is -2.13. The van der Waals surface area contributed by atoms with Gasteiger partial charge in [0.25, 0.3) is 0 Å². The van der Waals surface area contributed by atoms with Crippen LogP contribution in [0.1, 0.15) is 5.69 Å². The third kappa shape index (κ3) is 5.34. The van der Waals surface area contributed by atoms with Crippen molar-refractivity contribution >= 4 is 11.8 Å². The lowest BCUT2D eigenvalue weighted by molar-refractivity contribution is 0.331. The van der Waals surface area contributed by atoms with Crippen molar-refractivity contribution in [2.24, 2.45) is 0 Å². The number of aromatic nitrogens is 3. The summed E-state index contributed by atoms with van der Waals surface area (Å²) in [6, 6.07) is 15.1. The minimum Gasteiger partial charge on any atom is -0.497 e. The molecule has 0 aliphatic heterocycles. The molecule has 134 valence electrons. The molecular weight excluding hydrogens is 330 g/mol. The molecular formula is C19H21N5O2. The molecule has 0 aliphatic rings. The molecule has 3 aromatic rings. The summed E-state index contributed by atoms with van der Waals surface area (Å²) in [6.45, 7) is 1.72. The van der Waals surface area contributed by atoms with Gasteiger partial charge in [-0.1, -0.05) is 6.07 Å². The van der Waals surface area contributed by atoms with Crippen LogP contribution in [0.25, 0.3) is 0 Å². The van der Waals surface area contributed by atoms with Crippen molar-refractivity contribution in [1.29, 1.82) is 0 Å². The first-order valence-electron chi connectivity index (χ1n) is 8.31. The van der Waals surface area contributed by atoms with Crippen molar-refractivity contribution in [2.45, 2.75) is 6.54 Å². The molecule has 2 heterocycles. The molecule has 0 atom stereocenters. The number of ether oxygens (including phenoxy) is 2. The van der Waals surface area contributed by atoms with E-state index in [1.54, 1.807) is 19.5 Å². The van der Waals surface area contributed by atoms with E-state index in [0.717, 1.165) is 23.0 Å². The molecule has 1 aromatic carbocycles. The van der Waals surface area contributed by atoms with Crippen molar-refractivity contribution < 1.29 is 9.47 Å². The maximum atomic E-state index is 5.68. The fraction of sp³-hybridized carbons (Fsp3) is 0.211. The molecule has 0 amide bonds. The topological polar surface area (TPSA) is 81.2 Å². The Bertz CT molecular complexity index is 797. The number of methoxy groups -OCH3 is 1. The first kappa shape index (κ1) is 17.5. The molecule has 3 rings (SSSR count). The summed E-state index contributed by atoms with van der Waals surface area (Å²) in [7, 11) is 1.64. The van der Waals surface area contributed by atoms with Gasteiger partial charge in [0.1, 0.15) is 23.9 Å². The lowest BCUT2D eigenvalue weighted by Gasteiger charge is -2.10. The number of pyridine rings is 1. The predicted octanol–water partition coefficient (Wildman–Crippen LogP) is 2.98. The van der Waals surface area contributed by atoms with E-state index in [0.29, 0.717) is 25.6 Å². The first-order valence-corrected chi connectivity index (χ1v) is 8.31. The molecule has 26 heavy (non-hydrogen) atoms. The summed E-state index contributed by atoms with van der Waals surface area (Å²) in [5.41, 5.74) is 0.933. The maximum absolute atomic E-state index is 5.68. The molecule has 2 N–H and O–H groups in total. The third-order valence-corrected chi connectivity index (χ3v) is 3.55. The predicted molar refractivity (Wildman–Crippen MR) is 101 cm³/mol. The van der Waals surface area contributed by atoms with E-state index in [1.807, 2.05) is 48.5 Å². The van der Waals surface area contributed by atoms with Crippen LogP contribution < -0.4 is 20.1 Å². The van der Waals surface area contributed by atoms with Crippen LogP contribution in [0.3, 0.4) is 0 Å². The van der Waals surface area contributed by atoms with Crippen LogP contribution in [-0.4, -0.2) is 35.2 Å². The van der Waals surface area contributed by atoms with Crippen LogP contribution >= 0.6 is 0 Å². The van der Waals surface area contributed by atoms with E-state index in [4.69, 9.17) is 9.47 Å². The van der Waals surface area contributed by atoms with Crippen LogP contribution in [0.4, 0.5) is 11.8 Å². The van der Waals surface area contributed by atoms with Gasteiger partial charge in [-0.25, -0.2) is 4.98 Å². The van der Waals surface area contributed by atoms with E-state index in [2.05, 4.69) is 25.6 Å². The van der Waals surface area contributed by atoms with Crippen LogP contribution in [0.5, 0.6) is 11.5 Å². The Morgan fingerprint density at radius 1 is 0.885 bits per heavy atom. The van der Waals surface area contributed by atoms with Gasteiger partial charge in [-0.2, -0.15) is 4.98 Å². The minimum absolute atomic E-state index is 0.521. The van der Waals surface area contributed by atoms with Crippen LogP contribution in [0.2, 0.25) is 0 Å². The Morgan fingerprint density at radius 3 is 2.50 bits per heavy atom. The highest BCUT2D eigenvalue weighted by Crippen LogP contribution is 2.16. The van der Waals surface area contributed by atoms with Gasteiger partial charge >= 0.3 is 0 Å². The Kier molecular flexibility index (Phi) is 6.19. The van der Waals surface area contributed by atoms with Crippen LogP contribution in [-0.2, 0) is 6.54 Å². The molecule has 0 saturated heterocycles. The smallest absolute Gasteiger partial charge is 0.224 e. The van der Waals surface area contributed by atoms with E-state index < -0.39 is 0 Å². The third-order valence-electron chi connectivity index (χ3n) is 3.55.